The van der Waals surface area contributed by atoms with Crippen LogP contribution < -0.4 is 10.1 Å². The van der Waals surface area contributed by atoms with E-state index in [2.05, 4.69) is 25.2 Å². The van der Waals surface area contributed by atoms with Gasteiger partial charge < -0.3 is 10.1 Å². The molecule has 0 saturated carbocycles. The highest BCUT2D eigenvalue weighted by Crippen LogP contribution is 2.22. The predicted molar refractivity (Wildman–Crippen MR) is 84.3 cm³/mol. The van der Waals surface area contributed by atoms with Gasteiger partial charge in [-0.15, -0.1) is 0 Å². The van der Waals surface area contributed by atoms with Crippen LogP contribution in [-0.4, -0.2) is 6.54 Å². The average Bonchev–Trinajstić information content (AvgIpc) is 2.47. The van der Waals surface area contributed by atoms with Crippen molar-refractivity contribution in [3.63, 3.8) is 0 Å². The van der Waals surface area contributed by atoms with Gasteiger partial charge in [-0.2, -0.15) is 0 Å². The first-order valence-corrected chi connectivity index (χ1v) is 7.38. The molecule has 0 bridgehead atoms. The molecule has 0 fully saturated rings. The van der Waals surface area contributed by atoms with Crippen LogP contribution >= 0.6 is 11.6 Å². The van der Waals surface area contributed by atoms with Crippen molar-refractivity contribution in [1.29, 1.82) is 0 Å². The quantitative estimate of drug-likeness (QED) is 0.833. The van der Waals surface area contributed by atoms with Gasteiger partial charge in [0.15, 0.2) is 0 Å². The summed E-state index contributed by atoms with van der Waals surface area (Å²) < 4.78 is 18.7. The van der Waals surface area contributed by atoms with Crippen LogP contribution in [0.15, 0.2) is 42.5 Å². The Kier molecular flexibility index (Phi) is 5.59. The van der Waals surface area contributed by atoms with Gasteiger partial charge >= 0.3 is 0 Å². The van der Waals surface area contributed by atoms with Gasteiger partial charge in [0.05, 0.1) is 5.02 Å². The molecule has 21 heavy (non-hydrogen) atoms. The minimum Gasteiger partial charge on any atom is -0.489 e. The summed E-state index contributed by atoms with van der Waals surface area (Å²) in [5.41, 5.74) is 1.93. The van der Waals surface area contributed by atoms with E-state index in [1.165, 1.54) is 17.7 Å². The van der Waals surface area contributed by atoms with Crippen molar-refractivity contribution >= 4 is 11.6 Å². The van der Waals surface area contributed by atoms with Gasteiger partial charge in [0.1, 0.15) is 18.2 Å². The van der Waals surface area contributed by atoms with Crippen molar-refractivity contribution in [3.8, 4) is 5.75 Å². The van der Waals surface area contributed by atoms with Gasteiger partial charge in [0, 0.05) is 11.6 Å². The maximum atomic E-state index is 13.0. The van der Waals surface area contributed by atoms with Crippen molar-refractivity contribution in [2.24, 2.45) is 0 Å². The second kappa shape index (κ2) is 7.43. The molecule has 0 spiro atoms. The van der Waals surface area contributed by atoms with E-state index in [1.54, 1.807) is 6.07 Å². The molecule has 112 valence electrons. The van der Waals surface area contributed by atoms with Crippen LogP contribution in [0.2, 0.25) is 5.02 Å². The Morgan fingerprint density at radius 3 is 2.76 bits per heavy atom. The summed E-state index contributed by atoms with van der Waals surface area (Å²) in [6, 6.07) is 12.5. The smallest absolute Gasteiger partial charge is 0.124 e. The molecule has 0 saturated heterocycles. The molecule has 0 aliphatic rings. The van der Waals surface area contributed by atoms with Crippen LogP contribution in [0, 0.1) is 5.82 Å². The van der Waals surface area contributed by atoms with Crippen molar-refractivity contribution in [1.82, 2.24) is 5.32 Å². The third-order valence-electron chi connectivity index (χ3n) is 3.28. The molecule has 0 aliphatic carbocycles. The highest BCUT2D eigenvalue weighted by molar-refractivity contribution is 6.31. The summed E-state index contributed by atoms with van der Waals surface area (Å²) in [7, 11) is 0. The third-order valence-corrected chi connectivity index (χ3v) is 3.63. The second-order valence-electron chi connectivity index (χ2n) is 4.88. The van der Waals surface area contributed by atoms with Crippen LogP contribution in [0.3, 0.4) is 0 Å². The van der Waals surface area contributed by atoms with E-state index in [4.69, 9.17) is 16.3 Å². The average molecular weight is 308 g/mol. The first kappa shape index (κ1) is 15.8. The molecule has 0 amide bonds. The molecule has 0 aromatic heterocycles. The Morgan fingerprint density at radius 2 is 2.05 bits per heavy atom. The molecular weight excluding hydrogens is 289 g/mol. The lowest BCUT2D eigenvalue weighted by molar-refractivity contribution is 0.305. The number of rotatable bonds is 6. The van der Waals surface area contributed by atoms with Gasteiger partial charge in [-0.3, -0.25) is 0 Å². The van der Waals surface area contributed by atoms with Crippen molar-refractivity contribution in [3.05, 3.63) is 64.4 Å². The van der Waals surface area contributed by atoms with Crippen LogP contribution in [-0.2, 0) is 6.61 Å². The first-order valence-electron chi connectivity index (χ1n) is 7.00. The van der Waals surface area contributed by atoms with Gasteiger partial charge in [0.25, 0.3) is 0 Å². The Hall–Kier alpha value is -1.58. The predicted octanol–water partition coefficient (Wildman–Crippen LogP) is 4.73. The van der Waals surface area contributed by atoms with Gasteiger partial charge in [-0.1, -0.05) is 36.7 Å². The zero-order valence-electron chi connectivity index (χ0n) is 12.2. The van der Waals surface area contributed by atoms with E-state index in [1.807, 2.05) is 18.2 Å². The van der Waals surface area contributed by atoms with Crippen molar-refractivity contribution < 1.29 is 9.13 Å². The summed E-state index contributed by atoms with van der Waals surface area (Å²) in [4.78, 5) is 0. The van der Waals surface area contributed by atoms with Gasteiger partial charge in [0.2, 0.25) is 0 Å². The molecule has 1 unspecified atom stereocenters. The lowest BCUT2D eigenvalue weighted by atomic mass is 10.1. The summed E-state index contributed by atoms with van der Waals surface area (Å²) in [5, 5.41) is 3.74. The maximum absolute atomic E-state index is 13.0. The monoisotopic (exact) mass is 307 g/mol. The molecule has 2 rings (SSSR count). The first-order chi connectivity index (χ1) is 10.1. The zero-order chi connectivity index (χ0) is 15.2. The molecule has 2 aromatic carbocycles. The molecule has 2 nitrogen and oxygen atoms in total. The largest absolute Gasteiger partial charge is 0.489 e. The molecule has 4 heteroatoms. The Morgan fingerprint density at radius 1 is 1.24 bits per heavy atom. The summed E-state index contributed by atoms with van der Waals surface area (Å²) >= 11 is 5.99. The van der Waals surface area contributed by atoms with Gasteiger partial charge in [-0.25, -0.2) is 4.39 Å². The van der Waals surface area contributed by atoms with Crippen molar-refractivity contribution in [2.45, 2.75) is 26.5 Å². The fourth-order valence-electron chi connectivity index (χ4n) is 2.10. The third kappa shape index (κ3) is 4.45. The number of ether oxygens (including phenoxy) is 1. The summed E-state index contributed by atoms with van der Waals surface area (Å²) in [6.45, 7) is 5.42. The molecule has 1 N–H and O–H groups in total. The van der Waals surface area contributed by atoms with E-state index in [9.17, 15) is 4.39 Å². The topological polar surface area (TPSA) is 21.3 Å². The molecular formula is C17H19ClFNO. The van der Waals surface area contributed by atoms with E-state index < -0.39 is 0 Å². The minimum absolute atomic E-state index is 0.271. The summed E-state index contributed by atoms with van der Waals surface area (Å²) in [6.07, 6.45) is 0. The summed E-state index contributed by atoms with van der Waals surface area (Å²) in [5.74, 6) is 0.433. The lowest BCUT2D eigenvalue weighted by Gasteiger charge is -2.14. The highest BCUT2D eigenvalue weighted by Gasteiger charge is 2.06. The second-order valence-corrected chi connectivity index (χ2v) is 5.28. The molecule has 0 heterocycles. The number of hydrogen-bond acceptors (Lipinski definition) is 2. The fourth-order valence-corrected chi connectivity index (χ4v) is 2.32. The SMILES string of the molecule is CCNC(C)c1cccc(OCc2ccc(F)cc2Cl)c1. The number of benzene rings is 2. The standard InChI is InChI=1S/C17H19ClFNO/c1-3-20-12(2)13-5-4-6-16(9-13)21-11-14-7-8-15(19)10-17(14)18/h4-10,12,20H,3,11H2,1-2H3. The van der Waals surface area contributed by atoms with E-state index in [0.29, 0.717) is 11.6 Å². The van der Waals surface area contributed by atoms with E-state index in [-0.39, 0.29) is 11.9 Å². The Labute approximate surface area is 129 Å². The molecule has 0 radical (unpaired) electrons. The Bertz CT molecular complexity index is 603. The Balaban J connectivity index is 2.04. The van der Waals surface area contributed by atoms with Crippen LogP contribution in [0.5, 0.6) is 5.75 Å². The van der Waals surface area contributed by atoms with E-state index in [0.717, 1.165) is 17.9 Å². The normalized spacial score (nSPS) is 12.2. The van der Waals surface area contributed by atoms with Gasteiger partial charge in [-0.05, 0) is 43.3 Å². The van der Waals surface area contributed by atoms with Crippen molar-refractivity contribution in [2.75, 3.05) is 6.54 Å². The maximum Gasteiger partial charge on any atom is 0.124 e. The van der Waals surface area contributed by atoms with Crippen LogP contribution in [0.25, 0.3) is 0 Å². The fraction of sp³-hybridized carbons (Fsp3) is 0.294. The van der Waals surface area contributed by atoms with E-state index >= 15 is 0 Å². The minimum atomic E-state index is -0.342. The molecule has 0 aliphatic heterocycles. The number of nitrogens with one attached hydrogen (secondary N) is 1. The van der Waals surface area contributed by atoms with Crippen LogP contribution in [0.4, 0.5) is 4.39 Å². The number of hydrogen-bond donors (Lipinski definition) is 1. The number of halogens is 2. The van der Waals surface area contributed by atoms with Crippen LogP contribution in [0.1, 0.15) is 31.0 Å². The highest BCUT2D eigenvalue weighted by atomic mass is 35.5. The molecule has 2 aromatic rings. The molecule has 1 atom stereocenters. The zero-order valence-corrected chi connectivity index (χ0v) is 13.0. The lowest BCUT2D eigenvalue weighted by Crippen LogP contribution is -2.17.